The van der Waals surface area contributed by atoms with Crippen LogP contribution in [0.2, 0.25) is 0 Å². The van der Waals surface area contributed by atoms with Gasteiger partial charge in [0.2, 0.25) is 0 Å². The molecule has 3 aromatic rings. The number of nitrogens with zero attached hydrogens (tertiary/aromatic N) is 2. The second kappa shape index (κ2) is 7.53. The molecule has 128 valence electrons. The van der Waals surface area contributed by atoms with Gasteiger partial charge in [-0.3, -0.25) is 9.19 Å². The molecule has 2 aromatic carbocycles. The molecule has 0 aliphatic carbocycles. The fraction of sp³-hybridized carbons (Fsp3) is 0.158. The average molecular weight is 355 g/mol. The molecule has 0 aliphatic heterocycles. The van der Waals surface area contributed by atoms with Gasteiger partial charge < -0.3 is 5.73 Å². The highest BCUT2D eigenvalue weighted by atomic mass is 32.2. The maximum absolute atomic E-state index is 14.6. The molecular formula is C19H18FN3OS. The predicted molar refractivity (Wildman–Crippen MR) is 98.8 cm³/mol. The molecule has 1 aromatic heterocycles. The van der Waals surface area contributed by atoms with Gasteiger partial charge in [-0.25, -0.2) is 9.37 Å². The zero-order valence-corrected chi connectivity index (χ0v) is 14.6. The van der Waals surface area contributed by atoms with Crippen LogP contribution >= 0.6 is 0 Å². The largest absolute Gasteiger partial charge is 0.382 e. The predicted octanol–water partition coefficient (Wildman–Crippen LogP) is 4.05. The summed E-state index contributed by atoms with van der Waals surface area (Å²) in [7, 11) is -1.10. The summed E-state index contributed by atoms with van der Waals surface area (Å²) >= 11 is 0. The van der Waals surface area contributed by atoms with Crippen LogP contribution in [-0.2, 0) is 10.8 Å². The second-order valence-corrected chi connectivity index (χ2v) is 7.11. The third kappa shape index (κ3) is 3.74. The van der Waals surface area contributed by atoms with E-state index < -0.39 is 16.6 Å². The van der Waals surface area contributed by atoms with E-state index in [9.17, 15) is 8.60 Å². The molecule has 0 spiro atoms. The summed E-state index contributed by atoms with van der Waals surface area (Å²) in [6.45, 7) is 1.99. The van der Waals surface area contributed by atoms with E-state index in [0.717, 1.165) is 16.9 Å². The number of anilines is 1. The zero-order valence-electron chi connectivity index (χ0n) is 13.8. The summed E-state index contributed by atoms with van der Waals surface area (Å²) in [6, 6.07) is 12.3. The molecule has 0 radical (unpaired) electrons. The van der Waals surface area contributed by atoms with E-state index in [0.29, 0.717) is 22.6 Å². The van der Waals surface area contributed by atoms with Crippen molar-refractivity contribution in [2.45, 2.75) is 18.2 Å². The quantitative estimate of drug-likeness (QED) is 0.750. The number of halogens is 1. The molecule has 1 heterocycles. The van der Waals surface area contributed by atoms with E-state index in [1.54, 1.807) is 12.1 Å². The van der Waals surface area contributed by atoms with Crippen molar-refractivity contribution in [3.63, 3.8) is 0 Å². The van der Waals surface area contributed by atoms with Crippen molar-refractivity contribution >= 4 is 16.6 Å². The van der Waals surface area contributed by atoms with Crippen LogP contribution in [0.1, 0.15) is 13.3 Å². The van der Waals surface area contributed by atoms with Gasteiger partial charge in [-0.05, 0) is 35.7 Å². The standard InChI is InChI=1S/C19H18FN3OS/c1-2-9-25(24)18-6-4-3-5-14(18)13-7-8-15(16(20)10-13)17-11-23-19(21)12-22-17/h3-8,10-12H,2,9H2,1H3,(H2,21,23). The molecule has 2 N–H and O–H groups in total. The lowest BCUT2D eigenvalue weighted by atomic mass is 10.0. The topological polar surface area (TPSA) is 68.9 Å². The van der Waals surface area contributed by atoms with Crippen LogP contribution in [0.15, 0.2) is 59.8 Å². The molecule has 25 heavy (non-hydrogen) atoms. The third-order valence-corrected chi connectivity index (χ3v) is 5.38. The van der Waals surface area contributed by atoms with Crippen LogP contribution in [0.3, 0.4) is 0 Å². The molecule has 3 rings (SSSR count). The molecule has 1 unspecified atom stereocenters. The zero-order chi connectivity index (χ0) is 17.8. The average Bonchev–Trinajstić information content (AvgIpc) is 2.63. The molecule has 0 bridgehead atoms. The van der Waals surface area contributed by atoms with Crippen molar-refractivity contribution in [1.29, 1.82) is 0 Å². The Labute approximate surface area is 148 Å². The molecule has 0 amide bonds. The first kappa shape index (κ1) is 17.2. The summed E-state index contributed by atoms with van der Waals surface area (Å²) in [5, 5.41) is 0. The van der Waals surface area contributed by atoms with Crippen LogP contribution in [0.4, 0.5) is 10.2 Å². The van der Waals surface area contributed by atoms with Gasteiger partial charge in [0.1, 0.15) is 11.6 Å². The van der Waals surface area contributed by atoms with E-state index in [1.165, 1.54) is 18.5 Å². The van der Waals surface area contributed by atoms with Crippen LogP contribution in [-0.4, -0.2) is 19.9 Å². The monoisotopic (exact) mass is 355 g/mol. The lowest BCUT2D eigenvalue weighted by molar-refractivity contribution is 0.631. The first-order valence-electron chi connectivity index (χ1n) is 7.95. The Kier molecular flexibility index (Phi) is 5.19. The van der Waals surface area contributed by atoms with E-state index in [4.69, 9.17) is 5.73 Å². The summed E-state index contributed by atoms with van der Waals surface area (Å²) < 4.78 is 27.1. The van der Waals surface area contributed by atoms with Crippen molar-refractivity contribution in [3.8, 4) is 22.4 Å². The molecule has 0 aliphatic rings. The molecule has 0 saturated heterocycles. The summed E-state index contributed by atoms with van der Waals surface area (Å²) in [5.41, 5.74) is 7.75. The minimum absolute atomic E-state index is 0.285. The smallest absolute Gasteiger partial charge is 0.141 e. The molecular weight excluding hydrogens is 337 g/mol. The van der Waals surface area contributed by atoms with E-state index in [1.807, 2.05) is 31.2 Å². The molecule has 6 heteroatoms. The fourth-order valence-electron chi connectivity index (χ4n) is 2.57. The first-order valence-corrected chi connectivity index (χ1v) is 9.27. The van der Waals surface area contributed by atoms with Crippen molar-refractivity contribution in [3.05, 3.63) is 60.7 Å². The maximum atomic E-state index is 14.6. The van der Waals surface area contributed by atoms with Gasteiger partial charge in [0.05, 0.1) is 28.9 Å². The summed E-state index contributed by atoms with van der Waals surface area (Å²) in [5.74, 6) is 0.458. The summed E-state index contributed by atoms with van der Waals surface area (Å²) in [6.07, 6.45) is 3.66. The van der Waals surface area contributed by atoms with E-state index >= 15 is 0 Å². The minimum atomic E-state index is -1.10. The highest BCUT2D eigenvalue weighted by Gasteiger charge is 2.13. The molecule has 4 nitrogen and oxygen atoms in total. The first-order chi connectivity index (χ1) is 12.1. The molecule has 0 fully saturated rings. The van der Waals surface area contributed by atoms with Crippen LogP contribution in [0.25, 0.3) is 22.4 Å². The fourth-order valence-corrected chi connectivity index (χ4v) is 3.82. The number of rotatable bonds is 5. The van der Waals surface area contributed by atoms with Gasteiger partial charge in [-0.2, -0.15) is 0 Å². The third-order valence-electron chi connectivity index (χ3n) is 3.75. The van der Waals surface area contributed by atoms with Gasteiger partial charge in [0, 0.05) is 16.2 Å². The summed E-state index contributed by atoms with van der Waals surface area (Å²) in [4.78, 5) is 8.77. The maximum Gasteiger partial charge on any atom is 0.141 e. The van der Waals surface area contributed by atoms with Gasteiger partial charge in [0.25, 0.3) is 0 Å². The Bertz CT molecular complexity index is 913. The van der Waals surface area contributed by atoms with E-state index in [-0.39, 0.29) is 5.82 Å². The second-order valence-electron chi connectivity index (χ2n) is 5.57. The van der Waals surface area contributed by atoms with Crippen molar-refractivity contribution in [2.75, 3.05) is 11.5 Å². The Hall–Kier alpha value is -2.60. The number of hydrogen-bond donors (Lipinski definition) is 1. The Balaban J connectivity index is 2.02. The Morgan fingerprint density at radius 1 is 1.08 bits per heavy atom. The number of benzene rings is 2. The Morgan fingerprint density at radius 2 is 1.88 bits per heavy atom. The highest BCUT2D eigenvalue weighted by Crippen LogP contribution is 2.30. The SMILES string of the molecule is CCCS(=O)c1ccccc1-c1ccc(-c2cnc(N)cn2)c(F)c1. The van der Waals surface area contributed by atoms with E-state index in [2.05, 4.69) is 9.97 Å². The van der Waals surface area contributed by atoms with Crippen molar-refractivity contribution in [1.82, 2.24) is 9.97 Å². The van der Waals surface area contributed by atoms with Crippen molar-refractivity contribution in [2.24, 2.45) is 0 Å². The van der Waals surface area contributed by atoms with Crippen molar-refractivity contribution < 1.29 is 8.60 Å². The minimum Gasteiger partial charge on any atom is -0.382 e. The number of hydrogen-bond acceptors (Lipinski definition) is 4. The van der Waals surface area contributed by atoms with Gasteiger partial charge >= 0.3 is 0 Å². The van der Waals surface area contributed by atoms with Gasteiger partial charge in [0.15, 0.2) is 0 Å². The molecule has 1 atom stereocenters. The normalized spacial score (nSPS) is 12.1. The lowest BCUT2D eigenvalue weighted by Crippen LogP contribution is -1.99. The van der Waals surface area contributed by atoms with Gasteiger partial charge in [-0.15, -0.1) is 0 Å². The number of nitrogen functional groups attached to an aromatic ring is 1. The lowest BCUT2D eigenvalue weighted by Gasteiger charge is -2.11. The van der Waals surface area contributed by atoms with Crippen LogP contribution in [0.5, 0.6) is 0 Å². The van der Waals surface area contributed by atoms with Crippen LogP contribution in [0, 0.1) is 5.82 Å². The number of aromatic nitrogens is 2. The number of nitrogens with two attached hydrogens (primary N) is 1. The highest BCUT2D eigenvalue weighted by molar-refractivity contribution is 7.85. The van der Waals surface area contributed by atoms with Gasteiger partial charge in [-0.1, -0.05) is 31.2 Å². The Morgan fingerprint density at radius 3 is 2.56 bits per heavy atom. The van der Waals surface area contributed by atoms with Crippen LogP contribution < -0.4 is 5.73 Å². The molecule has 0 saturated carbocycles.